The maximum absolute atomic E-state index is 10.3. The predicted molar refractivity (Wildman–Crippen MR) is 300 cm³/mol. The van der Waals surface area contributed by atoms with E-state index in [2.05, 4.69) is 142 Å². The average molecular weight is 974 g/mol. The first-order valence-corrected chi connectivity index (χ1v) is 25.1. The van der Waals surface area contributed by atoms with E-state index in [0.717, 1.165) is 103 Å². The summed E-state index contributed by atoms with van der Waals surface area (Å²) in [6, 6.07) is 74.5. The molecule has 0 N–H and O–H groups in total. The average Bonchev–Trinajstić information content (AvgIpc) is 4.29. The van der Waals surface area contributed by atoms with Gasteiger partial charge < -0.3 is 9.13 Å². The van der Waals surface area contributed by atoms with Gasteiger partial charge in [-0.15, -0.1) is 11.3 Å². The van der Waals surface area contributed by atoms with Gasteiger partial charge in [0.05, 0.1) is 101 Å². The maximum Gasteiger partial charge on any atom is 0.139 e. The third-order valence-corrected chi connectivity index (χ3v) is 15.5. The number of aryl methyl sites for hydroxylation is 1. The van der Waals surface area contributed by atoms with Crippen molar-refractivity contribution < 1.29 is 0 Å². The molecule has 10 heteroatoms. The number of nitriles is 4. The number of benzene rings is 9. The molecule has 0 aliphatic rings. The molecule has 0 bridgehead atoms. The van der Waals surface area contributed by atoms with Crippen LogP contribution in [0.15, 0.2) is 194 Å². The van der Waals surface area contributed by atoms with Gasteiger partial charge in [-0.2, -0.15) is 21.0 Å². The first kappa shape index (κ1) is 43.2. The van der Waals surface area contributed by atoms with Crippen LogP contribution in [0, 0.1) is 52.2 Å². The monoisotopic (exact) mass is 973 g/mol. The standard InChI is InChI=1S/C65H35N9S/c1-38-14-23-56-48(28-38)46-9-4-6-12-55(46)72(56)44-21-19-43(20-22-44)63-64(74-59-26-17-41(36-68)31-51(59)52-32-42(37-69)18-27-60(52)74)53(45-8-2-3-10-47(45)65-70-54-11-5-7-13-61(54)75-65)33-62(71-63)73-57-24-15-39(34-66)29-49(57)50-30-40(35-67)16-25-58(50)73/h2-33H,1H3. The molecular formula is C65H35N9S. The number of pyridine rings is 1. The normalized spacial score (nSPS) is 11.5. The van der Waals surface area contributed by atoms with E-state index in [-0.39, 0.29) is 0 Å². The molecule has 14 aromatic rings. The quantitative estimate of drug-likeness (QED) is 0.163. The Morgan fingerprint density at radius 3 is 1.49 bits per heavy atom. The van der Waals surface area contributed by atoms with Crippen LogP contribution < -0.4 is 0 Å². The molecule has 9 nitrogen and oxygen atoms in total. The van der Waals surface area contributed by atoms with Gasteiger partial charge in [0.2, 0.25) is 0 Å². The van der Waals surface area contributed by atoms with E-state index in [1.165, 1.54) is 16.3 Å². The first-order chi connectivity index (χ1) is 36.9. The van der Waals surface area contributed by atoms with Gasteiger partial charge in [-0.25, -0.2) is 9.97 Å². The largest absolute Gasteiger partial charge is 0.309 e. The SMILES string of the molecule is Cc1ccc2c(c1)c1ccccc1n2-c1ccc(-c2nc(-n3c4ccc(C#N)cc4c4cc(C#N)ccc43)cc(-c3ccccc3-c3nc4ccccc4s3)c2-n2c3ccc(C#N)cc3c3cc(C#N)ccc32)cc1. The Morgan fingerprint density at radius 2 is 0.893 bits per heavy atom. The highest BCUT2D eigenvalue weighted by Crippen LogP contribution is 2.47. The maximum atomic E-state index is 10.3. The highest BCUT2D eigenvalue weighted by Gasteiger charge is 2.27. The van der Waals surface area contributed by atoms with E-state index in [4.69, 9.17) is 9.97 Å². The van der Waals surface area contributed by atoms with Crippen molar-refractivity contribution in [2.45, 2.75) is 6.92 Å². The third kappa shape index (κ3) is 6.66. The van der Waals surface area contributed by atoms with Crippen molar-refractivity contribution in [3.63, 3.8) is 0 Å². The van der Waals surface area contributed by atoms with Crippen LogP contribution in [0.4, 0.5) is 0 Å². The predicted octanol–water partition coefficient (Wildman–Crippen LogP) is 15.8. The number of aromatic nitrogens is 5. The molecule has 0 amide bonds. The Morgan fingerprint density at radius 1 is 0.400 bits per heavy atom. The number of rotatable bonds is 6. The fourth-order valence-electron chi connectivity index (χ4n) is 11.1. The van der Waals surface area contributed by atoms with Crippen molar-refractivity contribution in [1.82, 2.24) is 23.7 Å². The van der Waals surface area contributed by atoms with Gasteiger partial charge in [-0.1, -0.05) is 78.4 Å². The Hall–Kier alpha value is -10.6. The molecule has 0 spiro atoms. The van der Waals surface area contributed by atoms with E-state index < -0.39 is 0 Å². The first-order valence-electron chi connectivity index (χ1n) is 24.3. The summed E-state index contributed by atoms with van der Waals surface area (Å²) in [5, 5.41) is 47.3. The zero-order chi connectivity index (χ0) is 50.5. The Kier molecular flexibility index (Phi) is 9.64. The van der Waals surface area contributed by atoms with Crippen LogP contribution >= 0.6 is 11.3 Å². The van der Waals surface area contributed by atoms with E-state index in [1.807, 2.05) is 97.1 Å². The molecule has 75 heavy (non-hydrogen) atoms. The van der Waals surface area contributed by atoms with Crippen LogP contribution in [0.25, 0.3) is 126 Å². The van der Waals surface area contributed by atoms with Crippen molar-refractivity contribution in [2.75, 3.05) is 0 Å². The molecule has 9 aromatic carbocycles. The van der Waals surface area contributed by atoms with E-state index >= 15 is 0 Å². The highest BCUT2D eigenvalue weighted by molar-refractivity contribution is 7.21. The lowest BCUT2D eigenvalue weighted by atomic mass is 9.95. The summed E-state index contributed by atoms with van der Waals surface area (Å²) in [6.07, 6.45) is 0. The lowest BCUT2D eigenvalue weighted by Crippen LogP contribution is -2.07. The highest BCUT2D eigenvalue weighted by atomic mass is 32.1. The summed E-state index contributed by atoms with van der Waals surface area (Å²) >= 11 is 1.64. The van der Waals surface area contributed by atoms with Crippen LogP contribution in [0.5, 0.6) is 0 Å². The molecule has 0 unspecified atom stereocenters. The second kappa shape index (κ2) is 16.7. The van der Waals surface area contributed by atoms with Gasteiger partial charge in [0.15, 0.2) is 0 Å². The van der Waals surface area contributed by atoms with Crippen molar-refractivity contribution >= 4 is 87.0 Å². The van der Waals surface area contributed by atoms with Gasteiger partial charge in [0, 0.05) is 54.7 Å². The van der Waals surface area contributed by atoms with Crippen molar-refractivity contribution in [1.29, 1.82) is 21.0 Å². The molecule has 5 aromatic heterocycles. The third-order valence-electron chi connectivity index (χ3n) is 14.4. The number of thiazole rings is 1. The molecule has 0 atom stereocenters. The second-order valence-corrected chi connectivity index (χ2v) is 19.8. The minimum atomic E-state index is 0.500. The topological polar surface area (TPSA) is 136 Å². The summed E-state index contributed by atoms with van der Waals surface area (Å²) in [7, 11) is 0. The number of hydrogen-bond acceptors (Lipinski definition) is 7. The zero-order valence-corrected chi connectivity index (χ0v) is 40.7. The summed E-state index contributed by atoms with van der Waals surface area (Å²) in [5.41, 5.74) is 15.5. The summed E-state index contributed by atoms with van der Waals surface area (Å²) in [4.78, 5) is 11.0. The number of fused-ring (bicyclic) bond motifs is 10. The summed E-state index contributed by atoms with van der Waals surface area (Å²) in [6.45, 7) is 2.12. The Bertz CT molecular complexity index is 4780. The molecule has 14 rings (SSSR count). The zero-order valence-electron chi connectivity index (χ0n) is 39.9. The molecule has 0 aliphatic heterocycles. The summed E-state index contributed by atoms with van der Waals surface area (Å²) in [5.74, 6) is 0.610. The van der Waals surface area contributed by atoms with E-state index in [9.17, 15) is 21.0 Å². The smallest absolute Gasteiger partial charge is 0.139 e. The van der Waals surface area contributed by atoms with Crippen molar-refractivity contribution in [3.8, 4) is 74.4 Å². The van der Waals surface area contributed by atoms with E-state index in [0.29, 0.717) is 33.8 Å². The van der Waals surface area contributed by atoms with Gasteiger partial charge >= 0.3 is 0 Å². The fraction of sp³-hybridized carbons (Fsp3) is 0.0154. The fourth-order valence-corrected chi connectivity index (χ4v) is 12.1. The molecule has 0 fully saturated rings. The number of para-hydroxylation sites is 2. The molecule has 0 saturated heterocycles. The van der Waals surface area contributed by atoms with E-state index in [1.54, 1.807) is 11.3 Å². The van der Waals surface area contributed by atoms with Crippen molar-refractivity contribution in [2.24, 2.45) is 0 Å². The summed E-state index contributed by atoms with van der Waals surface area (Å²) < 4.78 is 7.74. The van der Waals surface area contributed by atoms with Gasteiger partial charge in [-0.05, 0) is 134 Å². The lowest BCUT2D eigenvalue weighted by molar-refractivity contribution is 1.06. The van der Waals surface area contributed by atoms with Crippen LogP contribution in [-0.4, -0.2) is 23.7 Å². The second-order valence-electron chi connectivity index (χ2n) is 18.7. The van der Waals surface area contributed by atoms with Crippen LogP contribution in [-0.2, 0) is 0 Å². The van der Waals surface area contributed by atoms with Crippen LogP contribution in [0.2, 0.25) is 0 Å². The number of nitrogens with zero attached hydrogens (tertiary/aromatic N) is 9. The minimum absolute atomic E-state index is 0.500. The Balaban J connectivity index is 1.14. The Labute approximate surface area is 432 Å². The van der Waals surface area contributed by atoms with Gasteiger partial charge in [0.25, 0.3) is 0 Å². The lowest BCUT2D eigenvalue weighted by Gasteiger charge is -2.22. The molecule has 0 radical (unpaired) electrons. The van der Waals surface area contributed by atoms with Crippen LogP contribution in [0.1, 0.15) is 27.8 Å². The molecule has 346 valence electrons. The number of hydrogen-bond donors (Lipinski definition) is 0. The van der Waals surface area contributed by atoms with Crippen molar-refractivity contribution in [3.05, 3.63) is 222 Å². The van der Waals surface area contributed by atoms with Gasteiger partial charge in [-0.3, -0.25) is 4.57 Å². The van der Waals surface area contributed by atoms with Crippen LogP contribution in [0.3, 0.4) is 0 Å². The molecule has 0 aliphatic carbocycles. The minimum Gasteiger partial charge on any atom is -0.309 e. The molecular weight excluding hydrogens is 939 g/mol. The molecule has 5 heterocycles. The molecule has 0 saturated carbocycles. The van der Waals surface area contributed by atoms with Gasteiger partial charge in [0.1, 0.15) is 10.8 Å².